The van der Waals surface area contributed by atoms with Crippen LogP contribution in [-0.2, 0) is 13.5 Å². The van der Waals surface area contributed by atoms with Crippen molar-refractivity contribution >= 4 is 5.82 Å². The zero-order chi connectivity index (χ0) is 7.56. The maximum absolute atomic E-state index is 4.21. The number of anilines is 1. The van der Waals surface area contributed by atoms with E-state index in [0.717, 1.165) is 12.2 Å². The van der Waals surface area contributed by atoms with E-state index in [1.807, 2.05) is 18.8 Å². The summed E-state index contributed by atoms with van der Waals surface area (Å²) in [5, 5.41) is 7.20. The van der Waals surface area contributed by atoms with Crippen LogP contribution in [0.5, 0.6) is 0 Å². The maximum atomic E-state index is 4.21. The van der Waals surface area contributed by atoms with Gasteiger partial charge in [0.25, 0.3) is 0 Å². The van der Waals surface area contributed by atoms with Crippen molar-refractivity contribution in [1.29, 1.82) is 0 Å². The smallest absolute Gasteiger partial charge is 0.148 e. The van der Waals surface area contributed by atoms with E-state index in [0.29, 0.717) is 0 Å². The van der Waals surface area contributed by atoms with Gasteiger partial charge in [-0.25, -0.2) is 0 Å². The highest BCUT2D eigenvalue weighted by molar-refractivity contribution is 5.34. The first-order valence-corrected chi connectivity index (χ1v) is 3.48. The molecule has 0 aromatic carbocycles. The number of hydrogen-bond acceptors (Lipinski definition) is 2. The second-order valence-electron chi connectivity index (χ2n) is 2.25. The lowest BCUT2D eigenvalue weighted by Gasteiger charge is -1.92. The summed E-state index contributed by atoms with van der Waals surface area (Å²) in [6.45, 7) is 2.12. The second kappa shape index (κ2) is 2.73. The molecule has 1 heterocycles. The summed E-state index contributed by atoms with van der Waals surface area (Å²) in [6.07, 6.45) is 1.03. The number of aromatic nitrogens is 2. The first-order valence-electron chi connectivity index (χ1n) is 3.48. The summed E-state index contributed by atoms with van der Waals surface area (Å²) >= 11 is 0. The largest absolute Gasteiger partial charge is 0.372 e. The van der Waals surface area contributed by atoms with Crippen molar-refractivity contribution in [3.63, 3.8) is 0 Å². The summed E-state index contributed by atoms with van der Waals surface area (Å²) in [5.41, 5.74) is 1.25. The Labute approximate surface area is 61.0 Å². The van der Waals surface area contributed by atoms with Gasteiger partial charge in [0.15, 0.2) is 0 Å². The molecule has 0 aliphatic rings. The topological polar surface area (TPSA) is 29.9 Å². The molecule has 0 fully saturated rings. The summed E-state index contributed by atoms with van der Waals surface area (Å²) in [4.78, 5) is 0. The van der Waals surface area contributed by atoms with Gasteiger partial charge >= 0.3 is 0 Å². The van der Waals surface area contributed by atoms with Crippen molar-refractivity contribution in [2.24, 2.45) is 7.05 Å². The summed E-state index contributed by atoms with van der Waals surface area (Å²) in [7, 11) is 3.83. The van der Waals surface area contributed by atoms with Crippen molar-refractivity contribution in [3.8, 4) is 0 Å². The molecule has 1 rings (SSSR count). The predicted molar refractivity (Wildman–Crippen MR) is 42.1 cm³/mol. The monoisotopic (exact) mass is 139 g/mol. The highest BCUT2D eigenvalue weighted by Crippen LogP contribution is 2.06. The Bertz CT molecular complexity index is 215. The van der Waals surface area contributed by atoms with Crippen LogP contribution in [0.4, 0.5) is 5.82 Å². The first kappa shape index (κ1) is 7.12. The van der Waals surface area contributed by atoms with Gasteiger partial charge in [-0.2, -0.15) is 5.10 Å². The van der Waals surface area contributed by atoms with Crippen molar-refractivity contribution in [2.75, 3.05) is 12.4 Å². The van der Waals surface area contributed by atoms with Gasteiger partial charge in [-0.05, 0) is 6.42 Å². The number of aryl methyl sites for hydroxylation is 2. The van der Waals surface area contributed by atoms with Crippen LogP contribution in [0.3, 0.4) is 0 Å². The van der Waals surface area contributed by atoms with Crippen molar-refractivity contribution in [3.05, 3.63) is 11.8 Å². The van der Waals surface area contributed by atoms with E-state index in [9.17, 15) is 0 Å². The number of nitrogens with one attached hydrogen (secondary N) is 1. The second-order valence-corrected chi connectivity index (χ2v) is 2.25. The van der Waals surface area contributed by atoms with Crippen LogP contribution in [0.25, 0.3) is 0 Å². The molecule has 0 atom stereocenters. The van der Waals surface area contributed by atoms with Crippen LogP contribution >= 0.6 is 0 Å². The normalized spacial score (nSPS) is 9.90. The van der Waals surface area contributed by atoms with Crippen molar-refractivity contribution in [2.45, 2.75) is 13.3 Å². The average molecular weight is 139 g/mol. The number of rotatable bonds is 2. The maximum Gasteiger partial charge on any atom is 0.148 e. The zero-order valence-corrected chi connectivity index (χ0v) is 6.68. The van der Waals surface area contributed by atoms with E-state index in [4.69, 9.17) is 0 Å². The molecule has 1 aromatic heterocycles. The minimum absolute atomic E-state index is 0.944. The van der Waals surface area contributed by atoms with Crippen LogP contribution in [0.1, 0.15) is 12.6 Å². The number of hydrogen-bond donors (Lipinski definition) is 1. The van der Waals surface area contributed by atoms with Gasteiger partial charge in [-0.3, -0.25) is 4.68 Å². The van der Waals surface area contributed by atoms with E-state index in [-0.39, 0.29) is 0 Å². The van der Waals surface area contributed by atoms with E-state index in [2.05, 4.69) is 23.4 Å². The Hall–Kier alpha value is -0.990. The fourth-order valence-electron chi connectivity index (χ4n) is 0.959. The van der Waals surface area contributed by atoms with Crippen LogP contribution < -0.4 is 5.32 Å². The Kier molecular flexibility index (Phi) is 1.94. The molecular weight excluding hydrogens is 126 g/mol. The molecule has 0 bridgehead atoms. The SMILES string of the molecule is CCc1cc(NC)nn1C. The summed E-state index contributed by atoms with van der Waals surface area (Å²) < 4.78 is 1.89. The third-order valence-electron chi connectivity index (χ3n) is 1.60. The molecule has 0 saturated carbocycles. The van der Waals surface area contributed by atoms with Crippen LogP contribution in [0, 0.1) is 0 Å². The van der Waals surface area contributed by atoms with Crippen molar-refractivity contribution < 1.29 is 0 Å². The van der Waals surface area contributed by atoms with Crippen molar-refractivity contribution in [1.82, 2.24) is 9.78 Å². The third kappa shape index (κ3) is 1.12. The van der Waals surface area contributed by atoms with Crippen LogP contribution in [0.15, 0.2) is 6.07 Å². The minimum Gasteiger partial charge on any atom is -0.372 e. The van der Waals surface area contributed by atoms with Gasteiger partial charge in [-0.15, -0.1) is 0 Å². The Morgan fingerprint density at radius 2 is 2.40 bits per heavy atom. The van der Waals surface area contributed by atoms with Gasteiger partial charge in [0.05, 0.1) is 0 Å². The van der Waals surface area contributed by atoms with E-state index >= 15 is 0 Å². The van der Waals surface area contributed by atoms with Gasteiger partial charge in [0, 0.05) is 25.9 Å². The molecule has 0 aliphatic heterocycles. The van der Waals surface area contributed by atoms with Crippen LogP contribution in [0.2, 0.25) is 0 Å². The molecule has 56 valence electrons. The lowest BCUT2D eigenvalue weighted by molar-refractivity contribution is 0.720. The van der Waals surface area contributed by atoms with Crippen LogP contribution in [-0.4, -0.2) is 16.8 Å². The molecule has 0 spiro atoms. The average Bonchev–Trinajstić information content (AvgIpc) is 2.30. The molecule has 0 amide bonds. The molecule has 0 radical (unpaired) electrons. The van der Waals surface area contributed by atoms with Gasteiger partial charge in [-0.1, -0.05) is 6.92 Å². The zero-order valence-electron chi connectivity index (χ0n) is 6.68. The fraction of sp³-hybridized carbons (Fsp3) is 0.571. The fourth-order valence-corrected chi connectivity index (χ4v) is 0.959. The lowest BCUT2D eigenvalue weighted by Crippen LogP contribution is -1.96. The van der Waals surface area contributed by atoms with Gasteiger partial charge in [0.2, 0.25) is 0 Å². The molecule has 3 nitrogen and oxygen atoms in total. The molecule has 0 aliphatic carbocycles. The van der Waals surface area contributed by atoms with Gasteiger partial charge < -0.3 is 5.32 Å². The quantitative estimate of drug-likeness (QED) is 0.663. The van der Waals surface area contributed by atoms with E-state index in [1.165, 1.54) is 5.69 Å². The standard InChI is InChI=1S/C7H13N3/c1-4-6-5-7(8-2)9-10(6)3/h5H,4H2,1-3H3,(H,8,9). The molecule has 10 heavy (non-hydrogen) atoms. The molecule has 1 aromatic rings. The number of nitrogens with zero attached hydrogens (tertiary/aromatic N) is 2. The molecule has 1 N–H and O–H groups in total. The molecule has 0 unspecified atom stereocenters. The Balaban J connectivity index is 2.92. The van der Waals surface area contributed by atoms with Gasteiger partial charge in [0.1, 0.15) is 5.82 Å². The summed E-state index contributed by atoms with van der Waals surface area (Å²) in [6, 6.07) is 2.06. The molecular formula is C7H13N3. The molecule has 0 saturated heterocycles. The summed E-state index contributed by atoms with van der Waals surface area (Å²) in [5.74, 6) is 0.944. The van der Waals surface area contributed by atoms with E-state index in [1.54, 1.807) is 0 Å². The van der Waals surface area contributed by atoms with E-state index < -0.39 is 0 Å². The first-order chi connectivity index (χ1) is 4.77. The lowest BCUT2D eigenvalue weighted by atomic mass is 10.3. The highest BCUT2D eigenvalue weighted by Gasteiger charge is 1.98. The Morgan fingerprint density at radius 3 is 2.70 bits per heavy atom. The highest BCUT2D eigenvalue weighted by atomic mass is 15.3. The molecule has 3 heteroatoms. The predicted octanol–water partition coefficient (Wildman–Crippen LogP) is 1.02. The third-order valence-corrected chi connectivity index (χ3v) is 1.60. The Morgan fingerprint density at radius 1 is 1.70 bits per heavy atom. The minimum atomic E-state index is 0.944.